The minimum Gasteiger partial charge on any atom is -0.480 e. The third-order valence-electron chi connectivity index (χ3n) is 6.20. The molecule has 1 aliphatic heterocycles. The summed E-state index contributed by atoms with van der Waals surface area (Å²) in [6.07, 6.45) is 3.26. The fraction of sp³-hybridized carbons (Fsp3) is 0.818. The number of amides is 3. The van der Waals surface area contributed by atoms with Crippen molar-refractivity contribution in [3.05, 3.63) is 0 Å². The van der Waals surface area contributed by atoms with Crippen LogP contribution in [0.3, 0.4) is 0 Å². The average Bonchev–Trinajstić information content (AvgIpc) is 3.25. The van der Waals surface area contributed by atoms with Crippen LogP contribution < -0.4 is 22.1 Å². The zero-order valence-corrected chi connectivity index (χ0v) is 19.8. The van der Waals surface area contributed by atoms with Crippen LogP contribution in [0.4, 0.5) is 0 Å². The molecule has 184 valence electrons. The first kappa shape index (κ1) is 27.8. The highest BCUT2D eigenvalue weighted by molar-refractivity contribution is 5.94. The molecule has 0 bridgehead atoms. The van der Waals surface area contributed by atoms with Gasteiger partial charge in [-0.2, -0.15) is 0 Å². The first-order chi connectivity index (χ1) is 15.0. The molecule has 1 rings (SSSR count). The van der Waals surface area contributed by atoms with Gasteiger partial charge in [0.25, 0.3) is 0 Å². The number of nitrogens with zero attached hydrogens (tertiary/aromatic N) is 1. The summed E-state index contributed by atoms with van der Waals surface area (Å²) in [4.78, 5) is 51.7. The van der Waals surface area contributed by atoms with Crippen LogP contribution in [-0.2, 0) is 19.2 Å². The highest BCUT2D eigenvalue weighted by Gasteiger charge is 2.38. The molecule has 0 radical (unpaired) electrons. The lowest BCUT2D eigenvalue weighted by Crippen LogP contribution is -2.59. The molecular formula is C22H41N5O5. The Kier molecular flexibility index (Phi) is 11.6. The van der Waals surface area contributed by atoms with E-state index < -0.39 is 47.9 Å². The fourth-order valence-electron chi connectivity index (χ4n) is 3.75. The van der Waals surface area contributed by atoms with Gasteiger partial charge in [0.2, 0.25) is 17.7 Å². The van der Waals surface area contributed by atoms with Crippen molar-refractivity contribution in [2.24, 2.45) is 23.3 Å². The van der Waals surface area contributed by atoms with Gasteiger partial charge in [0.05, 0.1) is 6.04 Å². The maximum absolute atomic E-state index is 13.2. The molecule has 32 heavy (non-hydrogen) atoms. The van der Waals surface area contributed by atoms with Gasteiger partial charge in [-0.1, -0.05) is 34.1 Å². The average molecular weight is 456 g/mol. The number of nitrogens with one attached hydrogen (secondary N) is 2. The molecular weight excluding hydrogens is 414 g/mol. The minimum absolute atomic E-state index is 0.0932. The molecule has 1 heterocycles. The lowest BCUT2D eigenvalue weighted by molar-refractivity contribution is -0.149. The van der Waals surface area contributed by atoms with Crippen molar-refractivity contribution in [3.63, 3.8) is 0 Å². The van der Waals surface area contributed by atoms with E-state index in [1.165, 1.54) is 4.90 Å². The normalized spacial score (nSPS) is 19.8. The van der Waals surface area contributed by atoms with Crippen molar-refractivity contribution in [2.45, 2.75) is 90.4 Å². The van der Waals surface area contributed by atoms with Crippen molar-refractivity contribution in [2.75, 3.05) is 13.1 Å². The Labute approximate surface area is 190 Å². The largest absolute Gasteiger partial charge is 0.480 e. The summed E-state index contributed by atoms with van der Waals surface area (Å²) in [7, 11) is 0. The van der Waals surface area contributed by atoms with Crippen LogP contribution in [-0.4, -0.2) is 71.0 Å². The van der Waals surface area contributed by atoms with Crippen molar-refractivity contribution in [3.8, 4) is 0 Å². The number of hydrogen-bond donors (Lipinski definition) is 5. The van der Waals surface area contributed by atoms with E-state index in [4.69, 9.17) is 11.5 Å². The van der Waals surface area contributed by atoms with Gasteiger partial charge >= 0.3 is 5.97 Å². The number of carboxylic acid groups (broad SMARTS) is 1. The van der Waals surface area contributed by atoms with Gasteiger partial charge in [0.1, 0.15) is 18.1 Å². The number of unbranched alkanes of at least 4 members (excludes halogenated alkanes) is 1. The monoisotopic (exact) mass is 455 g/mol. The molecule has 10 nitrogen and oxygen atoms in total. The molecule has 0 unspecified atom stereocenters. The van der Waals surface area contributed by atoms with Crippen molar-refractivity contribution in [1.29, 1.82) is 0 Å². The van der Waals surface area contributed by atoms with Crippen LogP contribution >= 0.6 is 0 Å². The topological polar surface area (TPSA) is 168 Å². The second-order valence-electron chi connectivity index (χ2n) is 9.02. The highest BCUT2D eigenvalue weighted by Crippen LogP contribution is 2.20. The summed E-state index contributed by atoms with van der Waals surface area (Å²) in [6.45, 7) is 8.19. The fourth-order valence-corrected chi connectivity index (χ4v) is 3.75. The number of carbonyl (C=O) groups excluding carboxylic acids is 3. The number of carboxylic acids is 1. The molecule has 3 amide bonds. The van der Waals surface area contributed by atoms with Gasteiger partial charge in [-0.15, -0.1) is 0 Å². The van der Waals surface area contributed by atoms with Crippen LogP contribution in [0.15, 0.2) is 0 Å². The molecule has 0 saturated carbocycles. The van der Waals surface area contributed by atoms with E-state index in [2.05, 4.69) is 10.6 Å². The van der Waals surface area contributed by atoms with E-state index in [-0.39, 0.29) is 11.8 Å². The number of carbonyl (C=O) groups is 4. The second kappa shape index (κ2) is 13.4. The van der Waals surface area contributed by atoms with Gasteiger partial charge < -0.3 is 32.1 Å². The van der Waals surface area contributed by atoms with E-state index in [9.17, 15) is 24.3 Å². The Bertz CT molecular complexity index is 657. The zero-order chi connectivity index (χ0) is 24.4. The quantitative estimate of drug-likeness (QED) is 0.247. The van der Waals surface area contributed by atoms with Gasteiger partial charge in [0, 0.05) is 6.54 Å². The third kappa shape index (κ3) is 7.74. The molecule has 0 aromatic rings. The van der Waals surface area contributed by atoms with Crippen molar-refractivity contribution >= 4 is 23.7 Å². The summed E-state index contributed by atoms with van der Waals surface area (Å²) in [5, 5.41) is 15.0. The third-order valence-corrected chi connectivity index (χ3v) is 6.20. The molecule has 10 heteroatoms. The molecule has 0 aliphatic carbocycles. The number of aliphatic carboxylic acids is 1. The van der Waals surface area contributed by atoms with Crippen LogP contribution in [0, 0.1) is 11.8 Å². The van der Waals surface area contributed by atoms with Gasteiger partial charge in [-0.3, -0.25) is 14.4 Å². The number of rotatable bonds is 13. The summed E-state index contributed by atoms with van der Waals surface area (Å²) in [5.74, 6) is -2.62. The predicted octanol–water partition coefficient (Wildman–Crippen LogP) is 0.190. The molecule has 7 N–H and O–H groups in total. The summed E-state index contributed by atoms with van der Waals surface area (Å²) in [6, 6.07) is -3.37. The smallest absolute Gasteiger partial charge is 0.326 e. The molecule has 1 saturated heterocycles. The predicted molar refractivity (Wildman–Crippen MR) is 121 cm³/mol. The summed E-state index contributed by atoms with van der Waals surface area (Å²) >= 11 is 0. The Morgan fingerprint density at radius 3 is 2.28 bits per heavy atom. The number of likely N-dealkylation sites (tertiary alicyclic amines) is 1. The number of hydrogen-bond acceptors (Lipinski definition) is 6. The zero-order valence-electron chi connectivity index (χ0n) is 19.8. The van der Waals surface area contributed by atoms with E-state index >= 15 is 0 Å². The lowest BCUT2D eigenvalue weighted by atomic mass is 9.96. The second-order valence-corrected chi connectivity index (χ2v) is 9.02. The van der Waals surface area contributed by atoms with E-state index in [0.717, 1.165) is 0 Å². The van der Waals surface area contributed by atoms with Crippen LogP contribution in [0.2, 0.25) is 0 Å². The maximum Gasteiger partial charge on any atom is 0.326 e. The highest BCUT2D eigenvalue weighted by atomic mass is 16.4. The molecule has 0 aromatic carbocycles. The maximum atomic E-state index is 13.2. The standard InChI is InChI=1S/C22H41N5O5/c1-5-14(4)18(26-19(28)17(24)13(2)3)20(29)25-15(9-6-7-11-23)21(30)27-12-8-10-16(27)22(31)32/h13-18H,5-12,23-24H2,1-4H3,(H,25,29)(H,26,28)(H,31,32)/t14-,15-,16-,17-,18-/m0/s1. The number of nitrogens with two attached hydrogens (primary N) is 2. The molecule has 5 atom stereocenters. The van der Waals surface area contributed by atoms with Crippen LogP contribution in [0.1, 0.15) is 66.2 Å². The Morgan fingerprint density at radius 2 is 1.75 bits per heavy atom. The molecule has 0 spiro atoms. The van der Waals surface area contributed by atoms with Crippen LogP contribution in [0.25, 0.3) is 0 Å². The van der Waals surface area contributed by atoms with E-state index in [1.807, 2.05) is 27.7 Å². The Balaban J connectivity index is 3.02. The van der Waals surface area contributed by atoms with Crippen molar-refractivity contribution in [1.82, 2.24) is 15.5 Å². The molecule has 1 fully saturated rings. The summed E-state index contributed by atoms with van der Waals surface area (Å²) in [5.41, 5.74) is 11.5. The molecule has 0 aromatic heterocycles. The Hall–Kier alpha value is -2.20. The molecule has 1 aliphatic rings. The van der Waals surface area contributed by atoms with Crippen molar-refractivity contribution < 1.29 is 24.3 Å². The first-order valence-corrected chi connectivity index (χ1v) is 11.6. The van der Waals surface area contributed by atoms with E-state index in [1.54, 1.807) is 0 Å². The summed E-state index contributed by atoms with van der Waals surface area (Å²) < 4.78 is 0. The first-order valence-electron chi connectivity index (χ1n) is 11.6. The minimum atomic E-state index is -1.05. The van der Waals surface area contributed by atoms with Gasteiger partial charge in [0.15, 0.2) is 0 Å². The Morgan fingerprint density at radius 1 is 1.09 bits per heavy atom. The van der Waals surface area contributed by atoms with Gasteiger partial charge in [-0.25, -0.2) is 4.79 Å². The van der Waals surface area contributed by atoms with Crippen LogP contribution in [0.5, 0.6) is 0 Å². The SMILES string of the molecule is CC[C@H](C)[C@H](NC(=O)[C@@H](N)C(C)C)C(=O)N[C@@H](CCCCN)C(=O)N1CCC[C@H]1C(=O)O. The van der Waals surface area contributed by atoms with E-state index in [0.29, 0.717) is 51.6 Å². The lowest BCUT2D eigenvalue weighted by Gasteiger charge is -2.30. The van der Waals surface area contributed by atoms with Gasteiger partial charge in [-0.05, 0) is 50.5 Å².